The van der Waals surface area contributed by atoms with Gasteiger partial charge in [-0.1, -0.05) is 60.7 Å². The van der Waals surface area contributed by atoms with E-state index in [1.807, 2.05) is 66.7 Å². The molecule has 39 heavy (non-hydrogen) atoms. The van der Waals surface area contributed by atoms with Crippen molar-refractivity contribution in [2.75, 3.05) is 11.9 Å². The molecule has 1 amide bonds. The predicted octanol–water partition coefficient (Wildman–Crippen LogP) is 5.94. The van der Waals surface area contributed by atoms with Crippen LogP contribution in [0.3, 0.4) is 0 Å². The van der Waals surface area contributed by atoms with Gasteiger partial charge in [0.1, 0.15) is 36.8 Å². The van der Waals surface area contributed by atoms with Crippen LogP contribution >= 0.6 is 0 Å². The van der Waals surface area contributed by atoms with Crippen molar-refractivity contribution in [1.82, 2.24) is 5.32 Å². The van der Waals surface area contributed by atoms with Gasteiger partial charge < -0.3 is 24.8 Å². The molecule has 206 valence electrons. The van der Waals surface area contributed by atoms with E-state index in [1.165, 1.54) is 0 Å². The number of ether oxygens (including phenoxy) is 3. The van der Waals surface area contributed by atoms with E-state index < -0.39 is 23.5 Å². The Balaban J connectivity index is 1.48. The Hall–Kier alpha value is -4.07. The first-order chi connectivity index (χ1) is 18.7. The number of aryl methyl sites for hydroxylation is 1. The van der Waals surface area contributed by atoms with Gasteiger partial charge in [0.15, 0.2) is 5.82 Å². The first-order valence-corrected chi connectivity index (χ1v) is 13.1. The lowest BCUT2D eigenvalue weighted by Gasteiger charge is -2.28. The minimum atomic E-state index is -0.659. The van der Waals surface area contributed by atoms with Gasteiger partial charge in [0.25, 0.3) is 0 Å². The van der Waals surface area contributed by atoms with Crippen LogP contribution in [0, 0.1) is 5.82 Å². The number of anilines is 1. The van der Waals surface area contributed by atoms with Crippen LogP contribution in [0.1, 0.15) is 49.4 Å². The minimum absolute atomic E-state index is 0.0999. The topological polar surface area (TPSA) is 85.9 Å². The normalized spacial score (nSPS) is 14.6. The molecule has 0 heterocycles. The number of carbonyl (C=O) groups is 2. The van der Waals surface area contributed by atoms with E-state index in [9.17, 15) is 9.59 Å². The number of alkyl carbamates (subject to hydrolysis) is 1. The summed E-state index contributed by atoms with van der Waals surface area (Å²) in [4.78, 5) is 24.8. The maximum atomic E-state index is 16.0. The fourth-order valence-corrected chi connectivity index (χ4v) is 4.45. The van der Waals surface area contributed by atoms with E-state index >= 15 is 4.39 Å². The molecule has 1 aliphatic carbocycles. The van der Waals surface area contributed by atoms with Crippen molar-refractivity contribution in [3.63, 3.8) is 0 Å². The van der Waals surface area contributed by atoms with E-state index in [2.05, 4.69) is 10.6 Å². The third-order valence-corrected chi connectivity index (χ3v) is 6.24. The molecule has 1 atom stereocenters. The molecule has 1 aliphatic rings. The van der Waals surface area contributed by atoms with Crippen LogP contribution in [-0.2, 0) is 40.3 Å². The summed E-state index contributed by atoms with van der Waals surface area (Å²) >= 11 is 0. The second kappa shape index (κ2) is 12.7. The number of nitrogens with one attached hydrogen (secondary N) is 2. The Morgan fingerprint density at radius 2 is 1.62 bits per heavy atom. The van der Waals surface area contributed by atoms with Gasteiger partial charge >= 0.3 is 12.1 Å². The van der Waals surface area contributed by atoms with Crippen molar-refractivity contribution in [3.05, 3.63) is 94.8 Å². The second-order valence-corrected chi connectivity index (χ2v) is 10.6. The molecule has 4 rings (SSSR count). The molecule has 2 N–H and O–H groups in total. The van der Waals surface area contributed by atoms with E-state index in [0.717, 1.165) is 16.7 Å². The summed E-state index contributed by atoms with van der Waals surface area (Å²) in [6.45, 7) is 5.51. The van der Waals surface area contributed by atoms with E-state index in [1.54, 1.807) is 20.8 Å². The van der Waals surface area contributed by atoms with Crippen LogP contribution in [-0.4, -0.2) is 30.3 Å². The van der Waals surface area contributed by atoms with Gasteiger partial charge in [0.05, 0.1) is 0 Å². The Morgan fingerprint density at radius 3 is 2.26 bits per heavy atom. The summed E-state index contributed by atoms with van der Waals surface area (Å²) in [7, 11) is 0. The average molecular weight is 535 g/mol. The molecule has 0 saturated carbocycles. The van der Waals surface area contributed by atoms with E-state index in [0.29, 0.717) is 30.6 Å². The van der Waals surface area contributed by atoms with Gasteiger partial charge in [-0.25, -0.2) is 9.18 Å². The Bertz CT molecular complexity index is 1280. The quantitative estimate of drug-likeness (QED) is 0.331. The van der Waals surface area contributed by atoms with Gasteiger partial charge in [-0.15, -0.1) is 0 Å². The van der Waals surface area contributed by atoms with Crippen molar-refractivity contribution in [2.45, 2.75) is 64.9 Å². The fraction of sp³-hybridized carbons (Fsp3) is 0.355. The van der Waals surface area contributed by atoms with Gasteiger partial charge in [0.2, 0.25) is 0 Å². The summed E-state index contributed by atoms with van der Waals surface area (Å²) in [5.41, 5.74) is 2.56. The standard InChI is InChI=1S/C31H35FN2O5/c1-31(2,3)39-27(35)18-33-29-26(37-19-21-10-6-4-7-11-21)16-23-14-15-24(17-25(23)28(29)32)34-30(36)38-20-22-12-8-5-9-13-22/h4-13,16,24,33H,14-15,17-20H2,1-3H3,(H,34,36). The third-order valence-electron chi connectivity index (χ3n) is 6.24. The minimum Gasteiger partial charge on any atom is -0.487 e. The number of rotatable bonds is 9. The van der Waals surface area contributed by atoms with E-state index in [4.69, 9.17) is 14.2 Å². The van der Waals surface area contributed by atoms with Gasteiger partial charge in [0, 0.05) is 6.04 Å². The lowest BCUT2D eigenvalue weighted by atomic mass is 9.87. The number of hydrogen-bond acceptors (Lipinski definition) is 6. The number of fused-ring (bicyclic) bond motifs is 1. The largest absolute Gasteiger partial charge is 0.487 e. The summed E-state index contributed by atoms with van der Waals surface area (Å²) in [6.07, 6.45) is 0.945. The summed E-state index contributed by atoms with van der Waals surface area (Å²) < 4.78 is 32.7. The van der Waals surface area contributed by atoms with Gasteiger partial charge in [-0.2, -0.15) is 0 Å². The summed E-state index contributed by atoms with van der Waals surface area (Å²) in [5.74, 6) is -0.676. The number of halogens is 1. The Kier molecular flexibility index (Phi) is 9.07. The molecular weight excluding hydrogens is 499 g/mol. The number of hydrogen-bond donors (Lipinski definition) is 2. The van der Waals surface area contributed by atoms with Crippen LogP contribution in [0.15, 0.2) is 66.7 Å². The molecule has 7 nitrogen and oxygen atoms in total. The van der Waals surface area contributed by atoms with Crippen molar-refractivity contribution >= 4 is 17.7 Å². The zero-order valence-electron chi connectivity index (χ0n) is 22.6. The van der Waals surface area contributed by atoms with Gasteiger partial charge in [-0.3, -0.25) is 4.79 Å². The molecule has 0 fully saturated rings. The summed E-state index contributed by atoms with van der Waals surface area (Å²) in [5, 5.41) is 5.76. The van der Waals surface area contributed by atoms with Crippen molar-refractivity contribution in [2.24, 2.45) is 0 Å². The number of carbonyl (C=O) groups excluding carboxylic acids is 2. The van der Waals surface area contributed by atoms with Crippen molar-refractivity contribution < 1.29 is 28.2 Å². The van der Waals surface area contributed by atoms with Crippen LogP contribution in [0.5, 0.6) is 5.75 Å². The molecule has 0 aromatic heterocycles. The number of esters is 1. The highest BCUT2D eigenvalue weighted by atomic mass is 19.1. The van der Waals surface area contributed by atoms with Crippen molar-refractivity contribution in [1.29, 1.82) is 0 Å². The SMILES string of the molecule is CC(C)(C)OC(=O)CNc1c(OCc2ccccc2)cc2c(c1F)CC(NC(=O)OCc1ccccc1)CC2. The maximum absolute atomic E-state index is 16.0. The van der Waals surface area contributed by atoms with Crippen molar-refractivity contribution in [3.8, 4) is 5.75 Å². The lowest BCUT2D eigenvalue weighted by molar-refractivity contribution is -0.152. The molecule has 8 heteroatoms. The highest BCUT2D eigenvalue weighted by Crippen LogP contribution is 2.37. The second-order valence-electron chi connectivity index (χ2n) is 10.6. The van der Waals surface area contributed by atoms with Crippen LogP contribution < -0.4 is 15.4 Å². The zero-order chi connectivity index (χ0) is 27.8. The molecule has 3 aromatic carbocycles. The monoisotopic (exact) mass is 534 g/mol. The zero-order valence-corrected chi connectivity index (χ0v) is 22.6. The molecule has 0 radical (unpaired) electrons. The summed E-state index contributed by atoms with van der Waals surface area (Å²) in [6, 6.07) is 20.5. The molecule has 3 aromatic rings. The fourth-order valence-electron chi connectivity index (χ4n) is 4.45. The predicted molar refractivity (Wildman–Crippen MR) is 147 cm³/mol. The molecule has 0 saturated heterocycles. The molecule has 0 bridgehead atoms. The van der Waals surface area contributed by atoms with Gasteiger partial charge in [-0.05, 0) is 68.4 Å². The molecule has 0 aliphatic heterocycles. The molecule has 0 spiro atoms. The van der Waals surface area contributed by atoms with Crippen LogP contribution in [0.4, 0.5) is 14.9 Å². The third kappa shape index (κ3) is 8.21. The highest BCUT2D eigenvalue weighted by Gasteiger charge is 2.28. The number of amides is 1. The first kappa shape index (κ1) is 28.0. The maximum Gasteiger partial charge on any atom is 0.407 e. The first-order valence-electron chi connectivity index (χ1n) is 13.1. The number of benzene rings is 3. The smallest absolute Gasteiger partial charge is 0.407 e. The van der Waals surface area contributed by atoms with Crippen LogP contribution in [0.25, 0.3) is 0 Å². The Morgan fingerprint density at radius 1 is 0.974 bits per heavy atom. The van der Waals surface area contributed by atoms with E-state index in [-0.39, 0.29) is 31.5 Å². The highest BCUT2D eigenvalue weighted by molar-refractivity contribution is 5.77. The van der Waals surface area contributed by atoms with Crippen LogP contribution in [0.2, 0.25) is 0 Å². The lowest BCUT2D eigenvalue weighted by Crippen LogP contribution is -2.39. The Labute approximate surface area is 228 Å². The molecular formula is C31H35FN2O5. The molecule has 1 unspecified atom stereocenters. The average Bonchev–Trinajstić information content (AvgIpc) is 2.91.